The van der Waals surface area contributed by atoms with Gasteiger partial charge in [-0.1, -0.05) is 12.1 Å². The quantitative estimate of drug-likeness (QED) is 0.923. The SMILES string of the molecule is CC(O)(c1cccc(F)c1)c1nc(Br)cs1. The molecule has 1 aromatic carbocycles. The summed E-state index contributed by atoms with van der Waals surface area (Å²) in [4.78, 5) is 4.15. The number of halogens is 2. The van der Waals surface area contributed by atoms with Gasteiger partial charge in [-0.2, -0.15) is 0 Å². The van der Waals surface area contributed by atoms with E-state index < -0.39 is 5.60 Å². The van der Waals surface area contributed by atoms with Crippen molar-refractivity contribution in [3.05, 3.63) is 50.6 Å². The fourth-order valence-electron chi connectivity index (χ4n) is 1.39. The maximum atomic E-state index is 13.1. The second-order valence-electron chi connectivity index (χ2n) is 3.56. The van der Waals surface area contributed by atoms with Crippen molar-refractivity contribution in [3.63, 3.8) is 0 Å². The molecule has 2 nitrogen and oxygen atoms in total. The Hall–Kier alpha value is -0.780. The van der Waals surface area contributed by atoms with E-state index >= 15 is 0 Å². The van der Waals surface area contributed by atoms with Crippen molar-refractivity contribution in [1.29, 1.82) is 0 Å². The molecular formula is C11H9BrFNOS. The average Bonchev–Trinajstić information content (AvgIpc) is 2.65. The first-order valence-electron chi connectivity index (χ1n) is 4.60. The van der Waals surface area contributed by atoms with E-state index in [0.29, 0.717) is 15.2 Å². The monoisotopic (exact) mass is 301 g/mol. The number of benzene rings is 1. The van der Waals surface area contributed by atoms with Crippen molar-refractivity contribution in [2.24, 2.45) is 0 Å². The molecule has 0 aliphatic heterocycles. The number of aliphatic hydroxyl groups is 1. The van der Waals surface area contributed by atoms with Crippen LogP contribution in [0.1, 0.15) is 17.5 Å². The molecule has 1 atom stereocenters. The van der Waals surface area contributed by atoms with E-state index in [-0.39, 0.29) is 5.82 Å². The van der Waals surface area contributed by atoms with Gasteiger partial charge in [-0.3, -0.25) is 0 Å². The zero-order valence-corrected chi connectivity index (χ0v) is 10.8. The van der Waals surface area contributed by atoms with Gasteiger partial charge in [0.1, 0.15) is 21.0 Å². The van der Waals surface area contributed by atoms with Crippen LogP contribution in [0.5, 0.6) is 0 Å². The zero-order valence-electron chi connectivity index (χ0n) is 8.45. The average molecular weight is 302 g/mol. The number of thiazole rings is 1. The third kappa shape index (κ3) is 2.16. The van der Waals surface area contributed by atoms with Crippen LogP contribution in [-0.2, 0) is 5.60 Å². The Balaban J connectivity index is 2.46. The molecule has 5 heteroatoms. The molecule has 1 heterocycles. The van der Waals surface area contributed by atoms with E-state index in [0.717, 1.165) is 0 Å². The van der Waals surface area contributed by atoms with Gasteiger partial charge in [0.05, 0.1) is 0 Å². The summed E-state index contributed by atoms with van der Waals surface area (Å²) in [6.45, 7) is 1.60. The lowest BCUT2D eigenvalue weighted by Crippen LogP contribution is -2.22. The summed E-state index contributed by atoms with van der Waals surface area (Å²) in [5.41, 5.74) is -0.770. The summed E-state index contributed by atoms with van der Waals surface area (Å²) in [5, 5.41) is 12.7. The van der Waals surface area contributed by atoms with E-state index in [1.807, 2.05) is 0 Å². The van der Waals surface area contributed by atoms with Crippen molar-refractivity contribution >= 4 is 27.3 Å². The Morgan fingerprint density at radius 3 is 2.81 bits per heavy atom. The van der Waals surface area contributed by atoms with Crippen LogP contribution < -0.4 is 0 Å². The van der Waals surface area contributed by atoms with Gasteiger partial charge in [0, 0.05) is 5.38 Å². The van der Waals surface area contributed by atoms with Crippen molar-refractivity contribution in [2.45, 2.75) is 12.5 Å². The molecule has 0 bridgehead atoms. The second kappa shape index (κ2) is 4.24. The molecule has 0 saturated carbocycles. The lowest BCUT2D eigenvalue weighted by atomic mass is 9.97. The largest absolute Gasteiger partial charge is 0.378 e. The van der Waals surface area contributed by atoms with Crippen LogP contribution >= 0.6 is 27.3 Å². The smallest absolute Gasteiger partial charge is 0.138 e. The molecule has 2 aromatic rings. The maximum absolute atomic E-state index is 13.1. The molecule has 16 heavy (non-hydrogen) atoms. The summed E-state index contributed by atoms with van der Waals surface area (Å²) in [5.74, 6) is -0.367. The highest BCUT2D eigenvalue weighted by Gasteiger charge is 2.29. The number of rotatable bonds is 2. The minimum absolute atomic E-state index is 0.367. The first-order valence-corrected chi connectivity index (χ1v) is 6.27. The van der Waals surface area contributed by atoms with E-state index in [1.54, 1.807) is 24.4 Å². The Labute approximate surface area is 105 Å². The van der Waals surface area contributed by atoms with Crippen molar-refractivity contribution in [1.82, 2.24) is 4.98 Å². The molecule has 0 aliphatic carbocycles. The number of hydrogen-bond acceptors (Lipinski definition) is 3. The van der Waals surface area contributed by atoms with Gasteiger partial charge < -0.3 is 5.11 Å². The van der Waals surface area contributed by atoms with Crippen LogP contribution in [0.2, 0.25) is 0 Å². The third-order valence-corrected chi connectivity index (χ3v) is 4.04. The lowest BCUT2D eigenvalue weighted by Gasteiger charge is -2.21. The number of nitrogens with zero attached hydrogens (tertiary/aromatic N) is 1. The summed E-state index contributed by atoms with van der Waals surface area (Å²) in [6, 6.07) is 5.91. The van der Waals surface area contributed by atoms with Crippen molar-refractivity contribution in [2.75, 3.05) is 0 Å². The molecule has 0 spiro atoms. The summed E-state index contributed by atoms with van der Waals surface area (Å²) >= 11 is 4.55. The van der Waals surface area contributed by atoms with E-state index in [1.165, 1.54) is 23.5 Å². The minimum atomic E-state index is -1.27. The summed E-state index contributed by atoms with van der Waals surface area (Å²) < 4.78 is 13.8. The van der Waals surface area contributed by atoms with Gasteiger partial charge in [0.25, 0.3) is 0 Å². The molecule has 2 rings (SSSR count). The van der Waals surface area contributed by atoms with Crippen LogP contribution in [0.4, 0.5) is 4.39 Å². The van der Waals surface area contributed by atoms with Gasteiger partial charge >= 0.3 is 0 Å². The molecule has 0 aliphatic rings. The standard InChI is InChI=1S/C11H9BrFNOS/c1-11(15,10-14-9(12)6-16-10)7-3-2-4-8(13)5-7/h2-6,15H,1H3. The Morgan fingerprint density at radius 1 is 1.50 bits per heavy atom. The highest BCUT2D eigenvalue weighted by atomic mass is 79.9. The van der Waals surface area contributed by atoms with Crippen LogP contribution in [0, 0.1) is 5.82 Å². The van der Waals surface area contributed by atoms with Gasteiger partial charge in [-0.05, 0) is 40.5 Å². The molecule has 0 saturated heterocycles. The Bertz CT molecular complexity index is 512. The van der Waals surface area contributed by atoms with E-state index in [2.05, 4.69) is 20.9 Å². The summed E-state index contributed by atoms with van der Waals surface area (Å²) in [6.07, 6.45) is 0. The molecule has 0 fully saturated rings. The Morgan fingerprint density at radius 2 is 2.25 bits per heavy atom. The summed E-state index contributed by atoms with van der Waals surface area (Å²) in [7, 11) is 0. The van der Waals surface area contributed by atoms with Crippen molar-refractivity contribution < 1.29 is 9.50 Å². The van der Waals surface area contributed by atoms with E-state index in [4.69, 9.17) is 0 Å². The second-order valence-corrected chi connectivity index (χ2v) is 5.23. The molecule has 84 valence electrons. The molecule has 1 aromatic heterocycles. The topological polar surface area (TPSA) is 33.1 Å². The van der Waals surface area contributed by atoms with Crippen LogP contribution in [0.3, 0.4) is 0 Å². The van der Waals surface area contributed by atoms with Crippen LogP contribution in [0.15, 0.2) is 34.2 Å². The van der Waals surface area contributed by atoms with Gasteiger partial charge in [0.2, 0.25) is 0 Å². The molecule has 1 unspecified atom stereocenters. The minimum Gasteiger partial charge on any atom is -0.378 e. The predicted molar refractivity (Wildman–Crippen MR) is 64.9 cm³/mol. The molecule has 0 amide bonds. The van der Waals surface area contributed by atoms with Crippen LogP contribution in [-0.4, -0.2) is 10.1 Å². The first-order chi connectivity index (χ1) is 7.50. The third-order valence-electron chi connectivity index (χ3n) is 2.28. The molecular weight excluding hydrogens is 293 g/mol. The maximum Gasteiger partial charge on any atom is 0.138 e. The normalized spacial score (nSPS) is 14.8. The van der Waals surface area contributed by atoms with Gasteiger partial charge in [-0.25, -0.2) is 9.37 Å². The number of hydrogen-bond donors (Lipinski definition) is 1. The lowest BCUT2D eigenvalue weighted by molar-refractivity contribution is 0.101. The van der Waals surface area contributed by atoms with Crippen LogP contribution in [0.25, 0.3) is 0 Å². The number of aromatic nitrogens is 1. The predicted octanol–water partition coefficient (Wildman–Crippen LogP) is 3.30. The zero-order chi connectivity index (χ0) is 11.8. The first kappa shape index (κ1) is 11.7. The molecule has 0 radical (unpaired) electrons. The molecule has 1 N–H and O–H groups in total. The highest BCUT2D eigenvalue weighted by molar-refractivity contribution is 9.10. The fourth-order valence-corrected chi connectivity index (χ4v) is 2.73. The van der Waals surface area contributed by atoms with Gasteiger partial charge in [0.15, 0.2) is 0 Å². The van der Waals surface area contributed by atoms with Crippen molar-refractivity contribution in [3.8, 4) is 0 Å². The van der Waals surface area contributed by atoms with Gasteiger partial charge in [-0.15, -0.1) is 11.3 Å². The fraction of sp³-hybridized carbons (Fsp3) is 0.182. The van der Waals surface area contributed by atoms with E-state index in [9.17, 15) is 9.50 Å². The Kier molecular flexibility index (Phi) is 3.10. The highest BCUT2D eigenvalue weighted by Crippen LogP contribution is 2.32.